The van der Waals surface area contributed by atoms with Gasteiger partial charge < -0.3 is 4.74 Å². The maximum Gasteiger partial charge on any atom is 0.308 e. The zero-order chi connectivity index (χ0) is 19.7. The number of likely N-dealkylation sites (tertiary alicyclic amines) is 1. The maximum atomic E-state index is 11.8. The van der Waals surface area contributed by atoms with Crippen molar-refractivity contribution >= 4 is 17.6 Å². The number of nitrogens with zero attached hydrogens (tertiary/aromatic N) is 1. The van der Waals surface area contributed by atoms with E-state index in [2.05, 4.69) is 42.2 Å². The van der Waals surface area contributed by atoms with Crippen LogP contribution >= 0.6 is 11.6 Å². The van der Waals surface area contributed by atoms with Crippen molar-refractivity contribution < 1.29 is 9.53 Å². The first-order valence-electron chi connectivity index (χ1n) is 10.3. The van der Waals surface area contributed by atoms with Crippen LogP contribution in [0.15, 0.2) is 42.5 Å². The summed E-state index contributed by atoms with van der Waals surface area (Å²) in [5, 5.41) is 0.835. The monoisotopic (exact) mass is 397 g/mol. The van der Waals surface area contributed by atoms with E-state index in [1.54, 1.807) is 0 Å². The van der Waals surface area contributed by atoms with Gasteiger partial charge in [0.05, 0.1) is 13.0 Å². The number of rotatable bonds is 4. The number of carbonyl (C=O) groups is 1. The Labute approximate surface area is 172 Å². The highest BCUT2D eigenvalue weighted by atomic mass is 35.5. The average molecular weight is 398 g/mol. The molecular formula is C24H28ClNO2. The van der Waals surface area contributed by atoms with Crippen molar-refractivity contribution in [1.82, 2.24) is 4.90 Å². The molecular weight excluding hydrogens is 370 g/mol. The highest BCUT2D eigenvalue weighted by molar-refractivity contribution is 6.31. The zero-order valence-electron chi connectivity index (χ0n) is 16.7. The van der Waals surface area contributed by atoms with Crippen molar-refractivity contribution in [2.45, 2.75) is 44.6 Å². The van der Waals surface area contributed by atoms with Gasteiger partial charge in [-0.2, -0.15) is 0 Å². The van der Waals surface area contributed by atoms with Gasteiger partial charge in [-0.25, -0.2) is 0 Å². The summed E-state index contributed by atoms with van der Waals surface area (Å²) in [6, 6.07) is 15.6. The molecule has 4 heteroatoms. The predicted molar refractivity (Wildman–Crippen MR) is 113 cm³/mol. The van der Waals surface area contributed by atoms with Crippen LogP contribution in [0.3, 0.4) is 0 Å². The molecule has 2 atom stereocenters. The van der Waals surface area contributed by atoms with Gasteiger partial charge in [0.25, 0.3) is 0 Å². The summed E-state index contributed by atoms with van der Waals surface area (Å²) < 4.78 is 4.92. The van der Waals surface area contributed by atoms with Crippen LogP contribution in [0.2, 0.25) is 5.02 Å². The SMILES string of the molecule is COC(=O)C1CCN(C2CCc3cc(C(C)c4ccccc4Cl)ccc32)CC1. The summed E-state index contributed by atoms with van der Waals surface area (Å²) in [5.41, 5.74) is 5.45. The lowest BCUT2D eigenvalue weighted by Crippen LogP contribution is -2.38. The van der Waals surface area contributed by atoms with Gasteiger partial charge in [-0.1, -0.05) is 54.9 Å². The second kappa shape index (κ2) is 8.26. The Morgan fingerprint density at radius 3 is 2.61 bits per heavy atom. The Morgan fingerprint density at radius 2 is 1.89 bits per heavy atom. The van der Waals surface area contributed by atoms with E-state index in [4.69, 9.17) is 16.3 Å². The van der Waals surface area contributed by atoms with Crippen LogP contribution in [0.1, 0.15) is 60.4 Å². The highest BCUT2D eigenvalue weighted by Crippen LogP contribution is 2.40. The third kappa shape index (κ3) is 3.70. The van der Waals surface area contributed by atoms with Gasteiger partial charge in [-0.15, -0.1) is 0 Å². The number of halogens is 1. The molecule has 0 saturated carbocycles. The van der Waals surface area contributed by atoms with Crippen molar-refractivity contribution in [3.63, 3.8) is 0 Å². The second-order valence-electron chi connectivity index (χ2n) is 8.09. The standard InChI is InChI=1S/C24H28ClNO2/c1-16(20-5-3-4-6-22(20)25)18-7-9-21-19(15-18)8-10-23(21)26-13-11-17(12-14-26)24(27)28-2/h3-7,9,15-17,23H,8,10-14H2,1-2H3. The van der Waals surface area contributed by atoms with E-state index >= 15 is 0 Å². The van der Waals surface area contributed by atoms with Crippen molar-refractivity contribution in [3.05, 3.63) is 69.7 Å². The van der Waals surface area contributed by atoms with Crippen LogP contribution in [-0.4, -0.2) is 31.1 Å². The maximum absolute atomic E-state index is 11.8. The molecule has 1 aliphatic carbocycles. The number of carbonyl (C=O) groups excluding carboxylic acids is 1. The van der Waals surface area contributed by atoms with Crippen LogP contribution in [0.4, 0.5) is 0 Å². The van der Waals surface area contributed by atoms with Crippen LogP contribution < -0.4 is 0 Å². The number of hydrogen-bond donors (Lipinski definition) is 0. The summed E-state index contributed by atoms with van der Waals surface area (Å²) in [6.45, 7) is 4.18. The van der Waals surface area contributed by atoms with E-state index in [0.717, 1.165) is 37.4 Å². The zero-order valence-corrected chi connectivity index (χ0v) is 17.4. The molecule has 1 aliphatic heterocycles. The van der Waals surface area contributed by atoms with Crippen LogP contribution in [0.5, 0.6) is 0 Å². The summed E-state index contributed by atoms with van der Waals surface area (Å²) in [4.78, 5) is 14.3. The van der Waals surface area contributed by atoms with E-state index < -0.39 is 0 Å². The summed E-state index contributed by atoms with van der Waals surface area (Å²) in [6.07, 6.45) is 4.10. The average Bonchev–Trinajstić information content (AvgIpc) is 3.16. The number of methoxy groups -OCH3 is 1. The van der Waals surface area contributed by atoms with Gasteiger partial charge >= 0.3 is 5.97 Å². The number of fused-ring (bicyclic) bond motifs is 1. The Morgan fingerprint density at radius 1 is 1.14 bits per heavy atom. The fourth-order valence-corrected chi connectivity index (χ4v) is 5.18. The lowest BCUT2D eigenvalue weighted by Gasteiger charge is -2.35. The lowest BCUT2D eigenvalue weighted by atomic mass is 9.90. The minimum atomic E-state index is -0.0512. The second-order valence-corrected chi connectivity index (χ2v) is 8.50. The Hall–Kier alpha value is -1.84. The fraction of sp³-hybridized carbons (Fsp3) is 0.458. The van der Waals surface area contributed by atoms with E-state index in [-0.39, 0.29) is 17.8 Å². The number of aryl methyl sites for hydroxylation is 1. The molecule has 2 aliphatic rings. The third-order valence-corrected chi connectivity index (χ3v) is 6.93. The van der Waals surface area contributed by atoms with Crippen LogP contribution in [0.25, 0.3) is 0 Å². The van der Waals surface area contributed by atoms with Crippen LogP contribution in [0, 0.1) is 5.92 Å². The van der Waals surface area contributed by atoms with Crippen molar-refractivity contribution in [2.75, 3.05) is 20.2 Å². The predicted octanol–water partition coefficient (Wildman–Crippen LogP) is 5.36. The number of hydrogen-bond acceptors (Lipinski definition) is 3. The van der Waals surface area contributed by atoms with Crippen molar-refractivity contribution in [2.24, 2.45) is 5.92 Å². The molecule has 0 amide bonds. The fourth-order valence-electron chi connectivity index (χ4n) is 4.88. The first-order valence-corrected chi connectivity index (χ1v) is 10.6. The number of esters is 1. The smallest absolute Gasteiger partial charge is 0.308 e. The molecule has 1 saturated heterocycles. The molecule has 0 N–H and O–H groups in total. The summed E-state index contributed by atoms with van der Waals surface area (Å²) in [5.74, 6) is 0.305. The molecule has 148 valence electrons. The lowest BCUT2D eigenvalue weighted by molar-refractivity contribution is -0.147. The largest absolute Gasteiger partial charge is 0.469 e. The minimum Gasteiger partial charge on any atom is -0.469 e. The topological polar surface area (TPSA) is 29.5 Å². The first-order chi connectivity index (χ1) is 13.6. The highest BCUT2D eigenvalue weighted by Gasteiger charge is 2.33. The van der Waals surface area contributed by atoms with Crippen molar-refractivity contribution in [1.29, 1.82) is 0 Å². The molecule has 0 bridgehead atoms. The van der Waals surface area contributed by atoms with Crippen molar-refractivity contribution in [3.8, 4) is 0 Å². The van der Waals surface area contributed by atoms with Gasteiger partial charge in [-0.05, 0) is 67.1 Å². The summed E-state index contributed by atoms with van der Waals surface area (Å²) >= 11 is 6.42. The third-order valence-electron chi connectivity index (χ3n) is 6.59. The first kappa shape index (κ1) is 19.5. The molecule has 2 aromatic carbocycles. The molecule has 2 aromatic rings. The minimum absolute atomic E-state index is 0.0512. The summed E-state index contributed by atoms with van der Waals surface area (Å²) in [7, 11) is 1.49. The Kier molecular flexibility index (Phi) is 5.75. The van der Waals surface area contributed by atoms with Crippen LogP contribution in [-0.2, 0) is 16.0 Å². The van der Waals surface area contributed by atoms with E-state index in [9.17, 15) is 4.79 Å². The number of ether oxygens (including phenoxy) is 1. The Bertz CT molecular complexity index is 857. The quantitative estimate of drug-likeness (QED) is 0.650. The Balaban J connectivity index is 1.48. The van der Waals surface area contributed by atoms with E-state index in [0.29, 0.717) is 6.04 Å². The van der Waals surface area contributed by atoms with Gasteiger partial charge in [-0.3, -0.25) is 9.69 Å². The molecule has 0 radical (unpaired) electrons. The van der Waals surface area contributed by atoms with Gasteiger partial charge in [0, 0.05) is 17.0 Å². The molecule has 4 rings (SSSR count). The number of benzene rings is 2. The number of piperidine rings is 1. The van der Waals surface area contributed by atoms with Gasteiger partial charge in [0.2, 0.25) is 0 Å². The molecule has 1 fully saturated rings. The van der Waals surface area contributed by atoms with Gasteiger partial charge in [0.15, 0.2) is 0 Å². The van der Waals surface area contributed by atoms with Gasteiger partial charge in [0.1, 0.15) is 0 Å². The molecule has 28 heavy (non-hydrogen) atoms. The molecule has 3 nitrogen and oxygen atoms in total. The normalized spacial score (nSPS) is 21.3. The van der Waals surface area contributed by atoms with E-state index in [1.165, 1.54) is 35.8 Å². The molecule has 1 heterocycles. The van der Waals surface area contributed by atoms with E-state index in [1.807, 2.05) is 12.1 Å². The molecule has 0 aromatic heterocycles. The molecule has 2 unspecified atom stereocenters. The molecule has 0 spiro atoms.